The number of esters is 1. The van der Waals surface area contributed by atoms with Crippen LogP contribution in [-0.4, -0.2) is 24.5 Å². The van der Waals surface area contributed by atoms with Crippen molar-refractivity contribution < 1.29 is 14.3 Å². The van der Waals surface area contributed by atoms with Crippen molar-refractivity contribution in [2.45, 2.75) is 26.4 Å². The Morgan fingerprint density at radius 2 is 1.70 bits per heavy atom. The Morgan fingerprint density at radius 1 is 1.04 bits per heavy atom. The van der Waals surface area contributed by atoms with Crippen LogP contribution in [0.5, 0.6) is 0 Å². The third kappa shape index (κ3) is 5.25. The number of benzene rings is 2. The van der Waals surface area contributed by atoms with Gasteiger partial charge in [0.1, 0.15) is 0 Å². The van der Waals surface area contributed by atoms with Gasteiger partial charge < -0.3 is 10.1 Å². The van der Waals surface area contributed by atoms with E-state index >= 15 is 0 Å². The molecule has 0 unspecified atom stereocenters. The summed E-state index contributed by atoms with van der Waals surface area (Å²) in [5.41, 5.74) is 2.66. The van der Waals surface area contributed by atoms with Crippen molar-refractivity contribution in [1.82, 2.24) is 5.32 Å². The summed E-state index contributed by atoms with van der Waals surface area (Å²) >= 11 is 0. The Bertz CT molecular complexity index is 650. The lowest BCUT2D eigenvalue weighted by atomic mass is 10.1. The van der Waals surface area contributed by atoms with Crippen LogP contribution in [0.1, 0.15) is 28.4 Å². The standard InChI is InChI=1S/C19H21NO3/c1-14-8-10-17(11-9-14)19(22)23-15(2)18(21)20-13-12-16-6-4-3-5-7-16/h3-11,15H,12-13H2,1-2H3,(H,20,21)/t15-/m1/s1. The zero-order chi connectivity index (χ0) is 16.7. The summed E-state index contributed by atoms with van der Waals surface area (Å²) in [6, 6.07) is 16.9. The van der Waals surface area contributed by atoms with Gasteiger partial charge in [-0.3, -0.25) is 4.79 Å². The molecule has 0 saturated heterocycles. The fourth-order valence-corrected chi connectivity index (χ4v) is 2.09. The molecule has 0 fully saturated rings. The first kappa shape index (κ1) is 16.7. The van der Waals surface area contributed by atoms with E-state index in [1.165, 1.54) is 0 Å². The van der Waals surface area contributed by atoms with Gasteiger partial charge in [0.05, 0.1) is 5.56 Å². The maximum absolute atomic E-state index is 12.0. The molecule has 2 aromatic carbocycles. The largest absolute Gasteiger partial charge is 0.449 e. The molecule has 23 heavy (non-hydrogen) atoms. The average Bonchev–Trinajstić information content (AvgIpc) is 2.56. The molecule has 0 aliphatic rings. The van der Waals surface area contributed by atoms with Crippen molar-refractivity contribution in [1.29, 1.82) is 0 Å². The third-order valence-corrected chi connectivity index (χ3v) is 3.50. The summed E-state index contributed by atoms with van der Waals surface area (Å²) in [5.74, 6) is -0.780. The second-order valence-corrected chi connectivity index (χ2v) is 5.44. The highest BCUT2D eigenvalue weighted by atomic mass is 16.5. The van der Waals surface area contributed by atoms with Crippen molar-refractivity contribution in [3.8, 4) is 0 Å². The Morgan fingerprint density at radius 3 is 2.35 bits per heavy atom. The van der Waals surface area contributed by atoms with E-state index in [1.54, 1.807) is 19.1 Å². The number of ether oxygens (including phenoxy) is 1. The van der Waals surface area contributed by atoms with Crippen LogP contribution in [0.4, 0.5) is 0 Å². The Labute approximate surface area is 136 Å². The van der Waals surface area contributed by atoms with Crippen molar-refractivity contribution in [3.05, 3.63) is 71.3 Å². The minimum Gasteiger partial charge on any atom is -0.449 e. The molecule has 0 aliphatic carbocycles. The van der Waals surface area contributed by atoms with E-state index in [9.17, 15) is 9.59 Å². The number of nitrogens with one attached hydrogen (secondary N) is 1. The summed E-state index contributed by atoms with van der Waals surface area (Å²) in [6.45, 7) is 4.02. The lowest BCUT2D eigenvalue weighted by molar-refractivity contribution is -0.129. The SMILES string of the molecule is Cc1ccc(C(=O)O[C@H](C)C(=O)NCCc2ccccc2)cc1. The first-order valence-electron chi connectivity index (χ1n) is 7.65. The van der Waals surface area contributed by atoms with Crippen LogP contribution in [0.2, 0.25) is 0 Å². The van der Waals surface area contributed by atoms with Crippen molar-refractivity contribution in [2.75, 3.05) is 6.54 Å². The number of carbonyl (C=O) groups is 2. The van der Waals surface area contributed by atoms with Gasteiger partial charge in [0.2, 0.25) is 0 Å². The maximum atomic E-state index is 12.0. The summed E-state index contributed by atoms with van der Waals surface area (Å²) in [5, 5.41) is 2.78. The van der Waals surface area contributed by atoms with Gasteiger partial charge in [-0.25, -0.2) is 4.79 Å². The molecule has 0 heterocycles. The fraction of sp³-hybridized carbons (Fsp3) is 0.263. The van der Waals surface area contributed by atoms with Crippen LogP contribution in [0, 0.1) is 6.92 Å². The highest BCUT2D eigenvalue weighted by Crippen LogP contribution is 2.07. The molecular weight excluding hydrogens is 290 g/mol. The molecule has 120 valence electrons. The van der Waals surface area contributed by atoms with E-state index in [2.05, 4.69) is 5.32 Å². The van der Waals surface area contributed by atoms with E-state index < -0.39 is 12.1 Å². The molecule has 0 spiro atoms. The fourth-order valence-electron chi connectivity index (χ4n) is 2.09. The molecule has 4 nitrogen and oxygen atoms in total. The molecule has 0 radical (unpaired) electrons. The third-order valence-electron chi connectivity index (χ3n) is 3.50. The van der Waals surface area contributed by atoms with Gasteiger partial charge in [-0.15, -0.1) is 0 Å². The Balaban J connectivity index is 1.78. The summed E-state index contributed by atoms with van der Waals surface area (Å²) in [4.78, 5) is 23.9. The van der Waals surface area contributed by atoms with E-state index in [1.807, 2.05) is 49.4 Å². The van der Waals surface area contributed by atoms with Gasteiger partial charge in [-0.2, -0.15) is 0 Å². The van der Waals surface area contributed by atoms with Crippen molar-refractivity contribution in [3.63, 3.8) is 0 Å². The van der Waals surface area contributed by atoms with Crippen LogP contribution < -0.4 is 5.32 Å². The van der Waals surface area contributed by atoms with Crippen molar-refractivity contribution in [2.24, 2.45) is 0 Å². The normalized spacial score (nSPS) is 11.6. The molecule has 1 amide bonds. The summed E-state index contributed by atoms with van der Waals surface area (Å²) in [6.07, 6.45) is -0.0786. The zero-order valence-electron chi connectivity index (χ0n) is 13.4. The molecule has 0 bridgehead atoms. The number of amides is 1. The highest BCUT2D eigenvalue weighted by molar-refractivity contribution is 5.92. The van der Waals surface area contributed by atoms with Gasteiger partial charge in [0.25, 0.3) is 5.91 Å². The van der Waals surface area contributed by atoms with E-state index in [-0.39, 0.29) is 5.91 Å². The van der Waals surface area contributed by atoms with Gasteiger partial charge >= 0.3 is 5.97 Å². The summed E-state index contributed by atoms with van der Waals surface area (Å²) < 4.78 is 5.19. The molecule has 0 aromatic heterocycles. The molecule has 1 atom stereocenters. The quantitative estimate of drug-likeness (QED) is 0.835. The molecule has 0 aliphatic heterocycles. The smallest absolute Gasteiger partial charge is 0.338 e. The molecule has 4 heteroatoms. The number of rotatable bonds is 6. The van der Waals surface area contributed by atoms with Gasteiger partial charge in [-0.05, 0) is 38.0 Å². The first-order chi connectivity index (χ1) is 11.1. The molecule has 1 N–H and O–H groups in total. The predicted octanol–water partition coefficient (Wildman–Crippen LogP) is 2.90. The van der Waals surface area contributed by atoms with E-state index in [0.29, 0.717) is 12.1 Å². The number of hydrogen-bond acceptors (Lipinski definition) is 3. The van der Waals surface area contributed by atoms with Gasteiger partial charge in [0.15, 0.2) is 6.10 Å². The van der Waals surface area contributed by atoms with Crippen molar-refractivity contribution >= 4 is 11.9 Å². The first-order valence-corrected chi connectivity index (χ1v) is 7.65. The van der Waals surface area contributed by atoms with E-state index in [4.69, 9.17) is 4.74 Å². The lowest BCUT2D eigenvalue weighted by Gasteiger charge is -2.13. The molecular formula is C19H21NO3. The number of hydrogen-bond donors (Lipinski definition) is 1. The molecule has 0 saturated carbocycles. The molecule has 2 aromatic rings. The van der Waals surface area contributed by atoms with Gasteiger partial charge in [-0.1, -0.05) is 48.0 Å². The highest BCUT2D eigenvalue weighted by Gasteiger charge is 2.18. The monoisotopic (exact) mass is 311 g/mol. The number of aryl methyl sites for hydroxylation is 1. The average molecular weight is 311 g/mol. The Hall–Kier alpha value is -2.62. The molecule has 2 rings (SSSR count). The second kappa shape index (κ2) is 8.13. The van der Waals surface area contributed by atoms with Crippen LogP contribution >= 0.6 is 0 Å². The van der Waals surface area contributed by atoms with Gasteiger partial charge in [0, 0.05) is 6.54 Å². The van der Waals surface area contributed by atoms with Crippen LogP contribution in [0.15, 0.2) is 54.6 Å². The minimum atomic E-state index is -0.820. The van der Waals surface area contributed by atoms with Crippen LogP contribution in [0.25, 0.3) is 0 Å². The van der Waals surface area contributed by atoms with Crippen LogP contribution in [0.3, 0.4) is 0 Å². The topological polar surface area (TPSA) is 55.4 Å². The number of carbonyl (C=O) groups excluding carboxylic acids is 2. The second-order valence-electron chi connectivity index (χ2n) is 5.44. The maximum Gasteiger partial charge on any atom is 0.338 e. The predicted molar refractivity (Wildman–Crippen MR) is 89.2 cm³/mol. The summed E-state index contributed by atoms with van der Waals surface area (Å²) in [7, 11) is 0. The Kier molecular flexibility index (Phi) is 5.92. The minimum absolute atomic E-state index is 0.290. The van der Waals surface area contributed by atoms with E-state index in [0.717, 1.165) is 17.5 Å². The van der Waals surface area contributed by atoms with Crippen LogP contribution in [-0.2, 0) is 16.0 Å². The zero-order valence-corrected chi connectivity index (χ0v) is 13.4. The lowest BCUT2D eigenvalue weighted by Crippen LogP contribution is -2.36.